The van der Waals surface area contributed by atoms with Gasteiger partial charge in [0.2, 0.25) is 0 Å². The SMILES string of the molecule is OC(/C=C\n1cnc(-c2cc(C(F)(F)F)cc(C(F)(F)F)c2)n1)N1CC(F)(F)C1. The number of rotatable bonds is 4. The number of aromatic nitrogens is 3. The lowest BCUT2D eigenvalue weighted by atomic mass is 10.0. The number of benzene rings is 1. The Morgan fingerprint density at radius 3 is 2.03 bits per heavy atom. The van der Waals surface area contributed by atoms with Gasteiger partial charge in [-0.25, -0.2) is 18.4 Å². The average Bonchev–Trinajstić information content (AvgIpc) is 3.04. The average molecular weight is 428 g/mol. The van der Waals surface area contributed by atoms with Crippen molar-refractivity contribution in [2.45, 2.75) is 24.5 Å². The number of hydrogen-bond donors (Lipinski definition) is 1. The van der Waals surface area contributed by atoms with E-state index < -0.39 is 60.1 Å². The van der Waals surface area contributed by atoms with Gasteiger partial charge in [0.1, 0.15) is 12.6 Å². The van der Waals surface area contributed by atoms with Gasteiger partial charge in [-0.15, -0.1) is 5.10 Å². The summed E-state index contributed by atoms with van der Waals surface area (Å²) in [6, 6.07) is 0.949. The topological polar surface area (TPSA) is 54.2 Å². The van der Waals surface area contributed by atoms with Gasteiger partial charge < -0.3 is 5.11 Å². The van der Waals surface area contributed by atoms with Crippen molar-refractivity contribution in [2.75, 3.05) is 13.1 Å². The van der Waals surface area contributed by atoms with Gasteiger partial charge in [0.15, 0.2) is 5.82 Å². The molecule has 1 aliphatic heterocycles. The van der Waals surface area contributed by atoms with Crippen LogP contribution in [-0.2, 0) is 12.4 Å². The monoisotopic (exact) mass is 428 g/mol. The highest BCUT2D eigenvalue weighted by Gasteiger charge is 2.45. The van der Waals surface area contributed by atoms with Gasteiger partial charge in [-0.3, -0.25) is 4.90 Å². The zero-order valence-corrected chi connectivity index (χ0v) is 14.2. The number of halogens is 8. The Balaban J connectivity index is 1.83. The Morgan fingerprint density at radius 1 is 1.00 bits per heavy atom. The molecule has 1 fully saturated rings. The number of likely N-dealkylation sites (tertiary alicyclic amines) is 1. The van der Waals surface area contributed by atoms with Crippen molar-refractivity contribution in [3.63, 3.8) is 0 Å². The van der Waals surface area contributed by atoms with Crippen LogP contribution in [0.5, 0.6) is 0 Å². The van der Waals surface area contributed by atoms with Gasteiger partial charge in [0, 0.05) is 11.8 Å². The molecule has 1 saturated heterocycles. The van der Waals surface area contributed by atoms with E-state index in [1.54, 1.807) is 0 Å². The summed E-state index contributed by atoms with van der Waals surface area (Å²) in [6.07, 6.45) is -8.25. The van der Waals surface area contributed by atoms with Crippen molar-refractivity contribution >= 4 is 6.20 Å². The molecule has 13 heteroatoms. The summed E-state index contributed by atoms with van der Waals surface area (Å²) in [7, 11) is 0. The van der Waals surface area contributed by atoms with Crippen LogP contribution in [0.1, 0.15) is 11.1 Å². The van der Waals surface area contributed by atoms with Crippen molar-refractivity contribution < 1.29 is 40.2 Å². The summed E-state index contributed by atoms with van der Waals surface area (Å²) in [5.41, 5.74) is -3.53. The highest BCUT2D eigenvalue weighted by atomic mass is 19.4. The third-order valence-electron chi connectivity index (χ3n) is 4.01. The first-order valence-electron chi connectivity index (χ1n) is 7.94. The number of aliphatic hydroxyl groups excluding tert-OH is 1. The maximum absolute atomic E-state index is 12.9. The van der Waals surface area contributed by atoms with Gasteiger partial charge in [-0.1, -0.05) is 0 Å². The molecule has 1 aromatic carbocycles. The van der Waals surface area contributed by atoms with E-state index in [4.69, 9.17) is 0 Å². The van der Waals surface area contributed by atoms with Crippen molar-refractivity contribution in [3.8, 4) is 11.4 Å². The lowest BCUT2D eigenvalue weighted by Crippen LogP contribution is -2.59. The Bertz CT molecular complexity index is 878. The smallest absolute Gasteiger partial charge is 0.375 e. The Hall–Kier alpha value is -2.54. The van der Waals surface area contributed by atoms with Crippen LogP contribution < -0.4 is 0 Å². The zero-order chi connectivity index (χ0) is 21.6. The summed E-state index contributed by atoms with van der Waals surface area (Å²) < 4.78 is 104. The van der Waals surface area contributed by atoms with Crippen molar-refractivity contribution in [2.24, 2.45) is 0 Å². The lowest BCUT2D eigenvalue weighted by Gasteiger charge is -2.40. The minimum absolute atomic E-state index is 0.0143. The molecular weight excluding hydrogens is 416 g/mol. The molecule has 0 aliphatic carbocycles. The molecule has 2 aromatic rings. The number of aliphatic hydroxyl groups is 1. The van der Waals surface area contributed by atoms with Crippen LogP contribution in [0.25, 0.3) is 17.6 Å². The molecule has 3 rings (SSSR count). The predicted octanol–water partition coefficient (Wildman–Crippen LogP) is 3.72. The van der Waals surface area contributed by atoms with Crippen molar-refractivity contribution in [3.05, 3.63) is 41.7 Å². The van der Waals surface area contributed by atoms with E-state index in [0.29, 0.717) is 12.1 Å². The van der Waals surface area contributed by atoms with E-state index in [2.05, 4.69) is 10.1 Å². The van der Waals surface area contributed by atoms with E-state index in [1.165, 1.54) is 0 Å². The molecule has 1 aromatic heterocycles. The van der Waals surface area contributed by atoms with E-state index in [-0.39, 0.29) is 6.07 Å². The van der Waals surface area contributed by atoms with Crippen molar-refractivity contribution in [1.82, 2.24) is 19.7 Å². The third-order valence-corrected chi connectivity index (χ3v) is 4.01. The molecule has 5 nitrogen and oxygen atoms in total. The van der Waals surface area contributed by atoms with Gasteiger partial charge >= 0.3 is 12.4 Å². The summed E-state index contributed by atoms with van der Waals surface area (Å²) in [4.78, 5) is 4.70. The molecular formula is C16H12F8N4O. The number of nitrogens with zero attached hydrogens (tertiary/aromatic N) is 4. The molecule has 158 valence electrons. The van der Waals surface area contributed by atoms with Crippen LogP contribution in [0.3, 0.4) is 0 Å². The first-order chi connectivity index (χ1) is 13.2. The maximum atomic E-state index is 12.9. The highest BCUT2D eigenvalue weighted by molar-refractivity contribution is 5.58. The molecule has 1 atom stereocenters. The quantitative estimate of drug-likeness (QED) is 0.755. The van der Waals surface area contributed by atoms with Crippen LogP contribution in [0.2, 0.25) is 0 Å². The molecule has 2 heterocycles. The minimum atomic E-state index is -5.01. The highest BCUT2D eigenvalue weighted by Crippen LogP contribution is 2.38. The van der Waals surface area contributed by atoms with Gasteiger partial charge in [-0.2, -0.15) is 26.3 Å². The van der Waals surface area contributed by atoms with Crippen molar-refractivity contribution in [1.29, 1.82) is 0 Å². The van der Waals surface area contributed by atoms with Gasteiger partial charge in [0.05, 0.1) is 24.2 Å². The molecule has 0 spiro atoms. The summed E-state index contributed by atoms with van der Waals surface area (Å²) in [5.74, 6) is -3.31. The summed E-state index contributed by atoms with van der Waals surface area (Å²) in [6.45, 7) is -1.29. The van der Waals surface area contributed by atoms with Gasteiger partial charge in [0.25, 0.3) is 5.92 Å². The molecule has 0 amide bonds. The van der Waals surface area contributed by atoms with Crippen LogP contribution in [0, 0.1) is 0 Å². The Morgan fingerprint density at radius 2 is 1.55 bits per heavy atom. The molecule has 1 unspecified atom stereocenters. The molecule has 1 N–H and O–H groups in total. The number of alkyl halides is 8. The standard InChI is InChI=1S/C16H12F8N4O/c17-14(18)6-27(7-14)12(29)1-2-28-8-25-13(26-28)9-3-10(15(19,20)21)5-11(4-9)16(22,23)24/h1-5,8,12,29H,6-7H2/b2-1-. The fourth-order valence-corrected chi connectivity index (χ4v) is 2.58. The first kappa shape index (κ1) is 21.2. The Labute approximate surface area is 157 Å². The normalized spacial score (nSPS) is 18.8. The number of hydrogen-bond acceptors (Lipinski definition) is 4. The Kier molecular flexibility index (Phi) is 5.15. The predicted molar refractivity (Wildman–Crippen MR) is 83.3 cm³/mol. The zero-order valence-electron chi connectivity index (χ0n) is 14.2. The lowest BCUT2D eigenvalue weighted by molar-refractivity contribution is -0.171. The summed E-state index contributed by atoms with van der Waals surface area (Å²) in [5, 5.41) is 13.5. The van der Waals surface area contributed by atoms with Crippen LogP contribution >= 0.6 is 0 Å². The van der Waals surface area contributed by atoms with E-state index >= 15 is 0 Å². The van der Waals surface area contributed by atoms with E-state index in [9.17, 15) is 40.2 Å². The second-order valence-electron chi connectivity index (χ2n) is 6.36. The third kappa shape index (κ3) is 4.90. The minimum Gasteiger partial charge on any atom is -0.375 e. The van der Waals surface area contributed by atoms with Crippen LogP contribution in [-0.4, -0.2) is 50.0 Å². The van der Waals surface area contributed by atoms with Crippen LogP contribution in [0.4, 0.5) is 35.1 Å². The van der Waals surface area contributed by atoms with E-state index in [0.717, 1.165) is 28.2 Å². The summed E-state index contributed by atoms with van der Waals surface area (Å²) >= 11 is 0. The second-order valence-corrected chi connectivity index (χ2v) is 6.36. The fourth-order valence-electron chi connectivity index (χ4n) is 2.58. The molecule has 1 aliphatic rings. The molecule has 0 saturated carbocycles. The van der Waals surface area contributed by atoms with E-state index in [1.807, 2.05) is 0 Å². The first-order valence-corrected chi connectivity index (χ1v) is 7.94. The maximum Gasteiger partial charge on any atom is 0.416 e. The largest absolute Gasteiger partial charge is 0.416 e. The fraction of sp³-hybridized carbons (Fsp3) is 0.375. The van der Waals surface area contributed by atoms with Crippen LogP contribution in [0.15, 0.2) is 30.6 Å². The molecule has 0 bridgehead atoms. The second kappa shape index (κ2) is 7.06. The molecule has 0 radical (unpaired) electrons. The molecule has 29 heavy (non-hydrogen) atoms. The van der Waals surface area contributed by atoms with Gasteiger partial charge in [-0.05, 0) is 24.3 Å².